The van der Waals surface area contributed by atoms with Crippen molar-refractivity contribution in [1.29, 1.82) is 0 Å². The number of hydrogen-bond donors (Lipinski definition) is 3. The number of thiophene rings is 1. The summed E-state index contributed by atoms with van der Waals surface area (Å²) < 4.78 is 27.0. The standard InChI is InChI=1S/C17H24N4O5S2/c1-11-14(16(23)20-17(24)19-11)28(25,26)21-8-5-12(6-9-21)15(22)18-7-4-13-3-2-10-27-13/h2-3,10-12,14H,4-9H2,1H3,(H,18,22)(H2,19,20,23,24). The summed E-state index contributed by atoms with van der Waals surface area (Å²) in [7, 11) is -3.93. The molecule has 1 aromatic rings. The van der Waals surface area contributed by atoms with E-state index < -0.39 is 33.3 Å². The van der Waals surface area contributed by atoms with Crippen molar-refractivity contribution in [1.82, 2.24) is 20.3 Å². The Balaban J connectivity index is 1.51. The summed E-state index contributed by atoms with van der Waals surface area (Å²) in [6.45, 7) is 2.40. The highest BCUT2D eigenvalue weighted by Gasteiger charge is 2.46. The highest BCUT2D eigenvalue weighted by Crippen LogP contribution is 2.24. The van der Waals surface area contributed by atoms with Crippen LogP contribution in [-0.2, 0) is 26.0 Å². The summed E-state index contributed by atoms with van der Waals surface area (Å²) >= 11 is 1.64. The maximum absolute atomic E-state index is 12.9. The lowest BCUT2D eigenvalue weighted by Gasteiger charge is -2.36. The fourth-order valence-electron chi connectivity index (χ4n) is 3.56. The van der Waals surface area contributed by atoms with E-state index in [1.807, 2.05) is 22.8 Å². The molecule has 1 aromatic heterocycles. The fraction of sp³-hybridized carbons (Fsp3) is 0.588. The van der Waals surface area contributed by atoms with Crippen LogP contribution in [0.5, 0.6) is 0 Å². The van der Waals surface area contributed by atoms with Crippen molar-refractivity contribution in [2.45, 2.75) is 37.5 Å². The van der Waals surface area contributed by atoms with Gasteiger partial charge >= 0.3 is 6.03 Å². The maximum atomic E-state index is 12.9. The summed E-state index contributed by atoms with van der Waals surface area (Å²) in [5.74, 6) is -1.12. The second-order valence-corrected chi connectivity index (χ2v) is 10.1. The van der Waals surface area contributed by atoms with Crippen molar-refractivity contribution in [3.8, 4) is 0 Å². The molecule has 4 amide bonds. The molecular formula is C17H24N4O5S2. The van der Waals surface area contributed by atoms with Crippen LogP contribution in [0.4, 0.5) is 4.79 Å². The van der Waals surface area contributed by atoms with E-state index in [0.717, 1.165) is 6.42 Å². The largest absolute Gasteiger partial charge is 0.355 e. The molecule has 3 N–H and O–H groups in total. The van der Waals surface area contributed by atoms with E-state index in [0.29, 0.717) is 19.4 Å². The number of piperidine rings is 1. The van der Waals surface area contributed by atoms with Crippen molar-refractivity contribution in [2.24, 2.45) is 5.92 Å². The van der Waals surface area contributed by atoms with Crippen LogP contribution in [0.2, 0.25) is 0 Å². The molecule has 28 heavy (non-hydrogen) atoms. The summed E-state index contributed by atoms with van der Waals surface area (Å²) in [6.07, 6.45) is 1.58. The molecule has 3 rings (SSSR count). The molecule has 0 aromatic carbocycles. The number of urea groups is 1. The van der Waals surface area contributed by atoms with Gasteiger partial charge < -0.3 is 10.6 Å². The average molecular weight is 429 g/mol. The number of nitrogens with zero attached hydrogens (tertiary/aromatic N) is 1. The second-order valence-electron chi connectivity index (χ2n) is 7.01. The average Bonchev–Trinajstić information content (AvgIpc) is 3.14. The van der Waals surface area contributed by atoms with E-state index in [1.165, 1.54) is 16.1 Å². The molecule has 11 heteroatoms. The highest BCUT2D eigenvalue weighted by molar-refractivity contribution is 7.90. The Morgan fingerprint density at radius 3 is 2.64 bits per heavy atom. The first kappa shape index (κ1) is 20.7. The van der Waals surface area contributed by atoms with Gasteiger partial charge in [0.2, 0.25) is 21.8 Å². The van der Waals surface area contributed by atoms with E-state index in [2.05, 4.69) is 10.6 Å². The highest BCUT2D eigenvalue weighted by atomic mass is 32.2. The van der Waals surface area contributed by atoms with Gasteiger partial charge in [0, 0.05) is 30.4 Å². The first-order valence-electron chi connectivity index (χ1n) is 9.19. The van der Waals surface area contributed by atoms with Gasteiger partial charge in [0.05, 0.1) is 6.04 Å². The minimum Gasteiger partial charge on any atom is -0.355 e. The zero-order valence-electron chi connectivity index (χ0n) is 15.5. The lowest BCUT2D eigenvalue weighted by atomic mass is 9.97. The predicted octanol–water partition coefficient (Wildman–Crippen LogP) is 0.0451. The van der Waals surface area contributed by atoms with Crippen LogP contribution >= 0.6 is 11.3 Å². The normalized spacial score (nSPS) is 24.5. The number of carbonyl (C=O) groups excluding carboxylic acids is 3. The SMILES string of the molecule is CC1NC(=O)NC(=O)C1S(=O)(=O)N1CCC(C(=O)NCCc2cccs2)CC1. The first-order valence-corrected chi connectivity index (χ1v) is 11.6. The van der Waals surface area contributed by atoms with Crippen molar-refractivity contribution in [2.75, 3.05) is 19.6 Å². The lowest BCUT2D eigenvalue weighted by Crippen LogP contribution is -2.64. The van der Waals surface area contributed by atoms with E-state index in [9.17, 15) is 22.8 Å². The van der Waals surface area contributed by atoms with Gasteiger partial charge in [0.25, 0.3) is 0 Å². The van der Waals surface area contributed by atoms with Crippen LogP contribution < -0.4 is 16.0 Å². The Bertz CT molecular complexity index is 832. The first-order chi connectivity index (χ1) is 13.3. The molecule has 2 atom stereocenters. The van der Waals surface area contributed by atoms with Crippen molar-refractivity contribution in [3.05, 3.63) is 22.4 Å². The number of amides is 4. The van der Waals surface area contributed by atoms with Crippen molar-refractivity contribution < 1.29 is 22.8 Å². The molecule has 0 radical (unpaired) electrons. The summed E-state index contributed by atoms with van der Waals surface area (Å²) in [5.41, 5.74) is 0. The van der Waals surface area contributed by atoms with E-state index in [1.54, 1.807) is 11.3 Å². The number of rotatable bonds is 6. The summed E-state index contributed by atoms with van der Waals surface area (Å²) in [4.78, 5) is 36.9. The molecular weight excluding hydrogens is 404 g/mol. The minimum absolute atomic E-state index is 0.0651. The number of carbonyl (C=O) groups is 3. The third-order valence-corrected chi connectivity index (χ3v) is 8.35. The molecule has 2 fully saturated rings. The van der Waals surface area contributed by atoms with E-state index in [4.69, 9.17) is 0 Å². The number of nitrogens with one attached hydrogen (secondary N) is 3. The molecule has 0 spiro atoms. The van der Waals surface area contributed by atoms with Crippen molar-refractivity contribution in [3.63, 3.8) is 0 Å². The summed E-state index contributed by atoms with van der Waals surface area (Å²) in [5, 5.41) is 7.98. The summed E-state index contributed by atoms with van der Waals surface area (Å²) in [6, 6.07) is 2.48. The Morgan fingerprint density at radius 1 is 1.32 bits per heavy atom. The van der Waals surface area contributed by atoms with Gasteiger partial charge in [-0.2, -0.15) is 0 Å². The third kappa shape index (κ3) is 4.53. The van der Waals surface area contributed by atoms with Gasteiger partial charge in [-0.05, 0) is 37.6 Å². The molecule has 3 heterocycles. The van der Waals surface area contributed by atoms with E-state index >= 15 is 0 Å². The van der Waals surface area contributed by atoms with Gasteiger partial charge in [0.15, 0.2) is 5.25 Å². The zero-order chi connectivity index (χ0) is 20.3. The predicted molar refractivity (Wildman–Crippen MR) is 104 cm³/mol. The molecule has 0 saturated carbocycles. The Morgan fingerprint density at radius 2 is 2.04 bits per heavy atom. The Kier molecular flexibility index (Phi) is 6.36. The van der Waals surface area contributed by atoms with Gasteiger partial charge in [-0.1, -0.05) is 6.07 Å². The number of imide groups is 1. The van der Waals surface area contributed by atoms with Gasteiger partial charge in [-0.15, -0.1) is 11.3 Å². The van der Waals surface area contributed by atoms with Crippen LogP contribution in [0.3, 0.4) is 0 Å². The maximum Gasteiger partial charge on any atom is 0.321 e. The molecule has 0 aliphatic carbocycles. The quantitative estimate of drug-likeness (QED) is 0.590. The van der Waals surface area contributed by atoms with E-state index in [-0.39, 0.29) is 24.9 Å². The lowest BCUT2D eigenvalue weighted by molar-refractivity contribution is -0.126. The van der Waals surface area contributed by atoms with Crippen LogP contribution in [0, 0.1) is 5.92 Å². The van der Waals surface area contributed by atoms with Crippen LogP contribution in [0.25, 0.3) is 0 Å². The third-order valence-electron chi connectivity index (χ3n) is 5.06. The number of hydrogen-bond acceptors (Lipinski definition) is 6. The molecule has 154 valence electrons. The smallest absolute Gasteiger partial charge is 0.321 e. The van der Waals surface area contributed by atoms with Gasteiger partial charge in [-0.3, -0.25) is 14.9 Å². The Labute approximate surface area is 167 Å². The van der Waals surface area contributed by atoms with Crippen LogP contribution in [-0.4, -0.2) is 61.5 Å². The monoisotopic (exact) mass is 428 g/mol. The minimum atomic E-state index is -3.93. The van der Waals surface area contributed by atoms with Crippen molar-refractivity contribution >= 4 is 39.2 Å². The number of sulfonamides is 1. The van der Waals surface area contributed by atoms with Gasteiger partial charge in [-0.25, -0.2) is 17.5 Å². The molecule has 2 aliphatic heterocycles. The van der Waals surface area contributed by atoms with Crippen LogP contribution in [0.1, 0.15) is 24.6 Å². The molecule has 0 bridgehead atoms. The van der Waals surface area contributed by atoms with Gasteiger partial charge in [0.1, 0.15) is 0 Å². The Hall–Kier alpha value is -1.98. The molecule has 9 nitrogen and oxygen atoms in total. The fourth-order valence-corrected chi connectivity index (χ4v) is 6.23. The molecule has 2 aliphatic rings. The molecule has 2 unspecified atom stereocenters. The van der Waals surface area contributed by atoms with Crippen LogP contribution in [0.15, 0.2) is 17.5 Å². The zero-order valence-corrected chi connectivity index (χ0v) is 17.1. The molecule has 2 saturated heterocycles. The topological polar surface area (TPSA) is 125 Å². The second kappa shape index (κ2) is 8.58.